The Morgan fingerprint density at radius 2 is 1.77 bits per heavy atom. The summed E-state index contributed by atoms with van der Waals surface area (Å²) < 4.78 is 0. The molecule has 78 valence electrons. The number of carbonyl (C=O) groups is 1. The van der Waals surface area contributed by atoms with Gasteiger partial charge in [0.2, 0.25) is 5.91 Å². The van der Waals surface area contributed by atoms with Crippen LogP contribution in [0.1, 0.15) is 39.0 Å². The number of aliphatic hydroxyl groups excluding tert-OH is 2. The molecule has 2 atom stereocenters. The van der Waals surface area contributed by atoms with E-state index < -0.39 is 12.0 Å². The van der Waals surface area contributed by atoms with Crippen molar-refractivity contribution in [2.75, 3.05) is 0 Å². The molecule has 0 aromatic carbocycles. The van der Waals surface area contributed by atoms with Crippen molar-refractivity contribution in [1.82, 2.24) is 0 Å². The third-order valence-electron chi connectivity index (χ3n) is 1.93. The summed E-state index contributed by atoms with van der Waals surface area (Å²) in [5, 5.41) is 17.9. The van der Waals surface area contributed by atoms with Gasteiger partial charge in [-0.25, -0.2) is 0 Å². The average molecular weight is 189 g/mol. The Bertz CT molecular complexity index is 148. The van der Waals surface area contributed by atoms with Gasteiger partial charge in [0.25, 0.3) is 0 Å². The van der Waals surface area contributed by atoms with E-state index in [-0.39, 0.29) is 6.10 Å². The van der Waals surface area contributed by atoms with Crippen LogP contribution in [0.4, 0.5) is 0 Å². The van der Waals surface area contributed by atoms with Gasteiger partial charge < -0.3 is 15.9 Å². The second kappa shape index (κ2) is 6.86. The van der Waals surface area contributed by atoms with Crippen LogP contribution in [-0.2, 0) is 4.79 Å². The largest absolute Gasteiger partial charge is 0.393 e. The lowest BCUT2D eigenvalue weighted by molar-refractivity contribution is -0.126. The Morgan fingerprint density at radius 3 is 2.23 bits per heavy atom. The summed E-state index contributed by atoms with van der Waals surface area (Å²) in [5.41, 5.74) is 4.87. The second-order valence-corrected chi connectivity index (χ2v) is 3.41. The predicted molar refractivity (Wildman–Crippen MR) is 50.0 cm³/mol. The van der Waals surface area contributed by atoms with Crippen LogP contribution in [0.25, 0.3) is 0 Å². The van der Waals surface area contributed by atoms with Crippen LogP contribution in [0.2, 0.25) is 0 Å². The van der Waals surface area contributed by atoms with E-state index in [1.54, 1.807) is 6.92 Å². The van der Waals surface area contributed by atoms with Gasteiger partial charge in [-0.1, -0.05) is 19.3 Å². The maximum Gasteiger partial charge on any atom is 0.246 e. The number of carbonyl (C=O) groups excluding carboxylic acids is 1. The van der Waals surface area contributed by atoms with Crippen LogP contribution in [-0.4, -0.2) is 28.3 Å². The summed E-state index contributed by atoms with van der Waals surface area (Å²) in [6.45, 7) is 1.75. The first-order chi connectivity index (χ1) is 6.04. The van der Waals surface area contributed by atoms with E-state index in [9.17, 15) is 4.79 Å². The van der Waals surface area contributed by atoms with Crippen molar-refractivity contribution in [2.24, 2.45) is 5.73 Å². The molecule has 0 saturated carbocycles. The second-order valence-electron chi connectivity index (χ2n) is 3.41. The lowest BCUT2D eigenvalue weighted by Crippen LogP contribution is -2.27. The predicted octanol–water partition coefficient (Wildman–Crippen LogP) is 0.164. The number of rotatable bonds is 7. The third-order valence-corrected chi connectivity index (χ3v) is 1.93. The van der Waals surface area contributed by atoms with Gasteiger partial charge >= 0.3 is 0 Å². The highest BCUT2D eigenvalue weighted by Crippen LogP contribution is 2.07. The first kappa shape index (κ1) is 12.4. The van der Waals surface area contributed by atoms with Crippen LogP contribution in [0, 0.1) is 0 Å². The summed E-state index contributed by atoms with van der Waals surface area (Å²) in [4.78, 5) is 10.4. The molecule has 0 aliphatic rings. The molecule has 0 radical (unpaired) electrons. The monoisotopic (exact) mass is 189 g/mol. The molecular weight excluding hydrogens is 170 g/mol. The first-order valence-electron chi connectivity index (χ1n) is 4.69. The molecule has 0 bridgehead atoms. The molecule has 0 aromatic heterocycles. The molecule has 0 rings (SSSR count). The number of primary amides is 1. The third kappa shape index (κ3) is 7.74. The summed E-state index contributed by atoms with van der Waals surface area (Å²) in [5.74, 6) is -0.657. The molecule has 4 N–H and O–H groups in total. The Labute approximate surface area is 78.7 Å². The average Bonchev–Trinajstić information content (AvgIpc) is 2.02. The van der Waals surface area contributed by atoms with Crippen LogP contribution < -0.4 is 5.73 Å². The van der Waals surface area contributed by atoms with E-state index >= 15 is 0 Å². The quantitative estimate of drug-likeness (QED) is 0.499. The molecule has 13 heavy (non-hydrogen) atoms. The van der Waals surface area contributed by atoms with E-state index in [0.717, 1.165) is 25.7 Å². The summed E-state index contributed by atoms with van der Waals surface area (Å²) in [6, 6.07) is 0. The Hall–Kier alpha value is -0.610. The van der Waals surface area contributed by atoms with Crippen molar-refractivity contribution in [3.63, 3.8) is 0 Å². The van der Waals surface area contributed by atoms with Gasteiger partial charge in [-0.2, -0.15) is 0 Å². The zero-order valence-electron chi connectivity index (χ0n) is 8.07. The number of nitrogens with two attached hydrogens (primary N) is 1. The number of hydrogen-bond acceptors (Lipinski definition) is 3. The molecule has 0 heterocycles. The maximum atomic E-state index is 10.4. The fourth-order valence-corrected chi connectivity index (χ4v) is 1.10. The van der Waals surface area contributed by atoms with E-state index in [4.69, 9.17) is 15.9 Å². The highest BCUT2D eigenvalue weighted by molar-refractivity contribution is 5.78. The van der Waals surface area contributed by atoms with E-state index in [2.05, 4.69) is 0 Å². The van der Waals surface area contributed by atoms with Gasteiger partial charge in [-0.15, -0.1) is 0 Å². The SMILES string of the molecule is C[C@@H](O)CCCCC[C@@H](O)C(N)=O. The number of unbranched alkanes of at least 4 members (excludes halogenated alkanes) is 2. The molecule has 0 spiro atoms. The van der Waals surface area contributed by atoms with Crippen molar-refractivity contribution in [3.05, 3.63) is 0 Å². The van der Waals surface area contributed by atoms with Crippen LogP contribution in [0.15, 0.2) is 0 Å². The number of aliphatic hydroxyl groups is 2. The van der Waals surface area contributed by atoms with Crippen LogP contribution >= 0.6 is 0 Å². The molecule has 0 saturated heterocycles. The minimum Gasteiger partial charge on any atom is -0.393 e. The normalized spacial score (nSPS) is 15.3. The van der Waals surface area contributed by atoms with E-state index in [1.807, 2.05) is 0 Å². The topological polar surface area (TPSA) is 83.6 Å². The van der Waals surface area contributed by atoms with Crippen molar-refractivity contribution < 1.29 is 15.0 Å². The zero-order valence-corrected chi connectivity index (χ0v) is 8.07. The van der Waals surface area contributed by atoms with Crippen molar-refractivity contribution >= 4 is 5.91 Å². The summed E-state index contributed by atoms with van der Waals surface area (Å²) >= 11 is 0. The van der Waals surface area contributed by atoms with Gasteiger partial charge in [0.05, 0.1) is 6.10 Å². The molecule has 4 heteroatoms. The number of hydrogen-bond donors (Lipinski definition) is 3. The highest BCUT2D eigenvalue weighted by Gasteiger charge is 2.09. The molecule has 0 aromatic rings. The molecule has 0 fully saturated rings. The van der Waals surface area contributed by atoms with Crippen LogP contribution in [0.3, 0.4) is 0 Å². The van der Waals surface area contributed by atoms with E-state index in [1.165, 1.54) is 0 Å². The maximum absolute atomic E-state index is 10.4. The minimum atomic E-state index is -1.01. The Morgan fingerprint density at radius 1 is 1.23 bits per heavy atom. The van der Waals surface area contributed by atoms with Crippen molar-refractivity contribution in [3.8, 4) is 0 Å². The highest BCUT2D eigenvalue weighted by atomic mass is 16.3. The molecular formula is C9H19NO3. The van der Waals surface area contributed by atoms with Gasteiger partial charge in [0.1, 0.15) is 6.10 Å². The number of amides is 1. The van der Waals surface area contributed by atoms with Gasteiger partial charge in [-0.3, -0.25) is 4.79 Å². The molecule has 4 nitrogen and oxygen atoms in total. The smallest absolute Gasteiger partial charge is 0.246 e. The minimum absolute atomic E-state index is 0.263. The van der Waals surface area contributed by atoms with Crippen molar-refractivity contribution in [1.29, 1.82) is 0 Å². The standard InChI is InChI=1S/C9H19NO3/c1-7(11)5-3-2-4-6-8(12)9(10)13/h7-8,11-12H,2-6H2,1H3,(H2,10,13)/t7-,8-/m1/s1. The summed E-state index contributed by atoms with van der Waals surface area (Å²) in [7, 11) is 0. The molecule has 0 aliphatic carbocycles. The van der Waals surface area contributed by atoms with Crippen molar-refractivity contribution in [2.45, 2.75) is 51.2 Å². The van der Waals surface area contributed by atoms with Gasteiger partial charge in [0, 0.05) is 0 Å². The lowest BCUT2D eigenvalue weighted by atomic mass is 10.1. The van der Waals surface area contributed by atoms with Gasteiger partial charge in [0.15, 0.2) is 0 Å². The lowest BCUT2D eigenvalue weighted by Gasteiger charge is -2.06. The Balaban J connectivity index is 3.21. The van der Waals surface area contributed by atoms with E-state index in [0.29, 0.717) is 6.42 Å². The van der Waals surface area contributed by atoms with Gasteiger partial charge in [-0.05, 0) is 19.8 Å². The summed E-state index contributed by atoms with van der Waals surface area (Å²) in [6.07, 6.45) is 2.53. The fraction of sp³-hybridized carbons (Fsp3) is 0.889. The molecule has 1 amide bonds. The Kier molecular flexibility index (Phi) is 6.54. The fourth-order valence-electron chi connectivity index (χ4n) is 1.10. The molecule has 0 aliphatic heterocycles. The van der Waals surface area contributed by atoms with Crippen LogP contribution in [0.5, 0.6) is 0 Å². The zero-order chi connectivity index (χ0) is 10.3. The molecule has 0 unspecified atom stereocenters. The first-order valence-corrected chi connectivity index (χ1v) is 4.69.